The summed E-state index contributed by atoms with van der Waals surface area (Å²) < 4.78 is 10.2. The molecule has 0 spiro atoms. The van der Waals surface area contributed by atoms with E-state index in [1.807, 2.05) is 24.3 Å². The van der Waals surface area contributed by atoms with E-state index < -0.39 is 0 Å². The molecule has 0 amide bonds. The summed E-state index contributed by atoms with van der Waals surface area (Å²) in [5.41, 5.74) is 0.987. The lowest BCUT2D eigenvalue weighted by molar-refractivity contribution is 0.378. The standard InChI is InChI=1S/C12H13ClN4O2/c1-18-9-6-4-3-5-8(9)7-14-11-15-10(13)16-12(17-11)19-2/h3-6H,7H2,1-2H3,(H,14,15,16,17). The van der Waals surface area contributed by atoms with E-state index in [4.69, 9.17) is 21.1 Å². The molecule has 0 radical (unpaired) electrons. The Morgan fingerprint density at radius 1 is 1.11 bits per heavy atom. The first-order chi connectivity index (χ1) is 9.22. The zero-order valence-electron chi connectivity index (χ0n) is 10.6. The summed E-state index contributed by atoms with van der Waals surface area (Å²) in [4.78, 5) is 11.8. The van der Waals surface area contributed by atoms with Gasteiger partial charge in [0.2, 0.25) is 11.2 Å². The molecule has 0 aliphatic rings. The van der Waals surface area contributed by atoms with Crippen LogP contribution in [0, 0.1) is 0 Å². The lowest BCUT2D eigenvalue weighted by Gasteiger charge is -2.09. The summed E-state index contributed by atoms with van der Waals surface area (Å²) in [5, 5.41) is 3.12. The minimum atomic E-state index is 0.0781. The van der Waals surface area contributed by atoms with Crippen LogP contribution in [0.4, 0.5) is 5.95 Å². The largest absolute Gasteiger partial charge is 0.496 e. The molecule has 100 valence electrons. The second-order valence-electron chi connectivity index (χ2n) is 3.58. The van der Waals surface area contributed by atoms with Gasteiger partial charge in [0, 0.05) is 12.1 Å². The molecule has 2 aromatic rings. The lowest BCUT2D eigenvalue weighted by Crippen LogP contribution is -2.07. The quantitative estimate of drug-likeness (QED) is 0.905. The van der Waals surface area contributed by atoms with Gasteiger partial charge in [0.05, 0.1) is 14.2 Å². The molecule has 0 aliphatic heterocycles. The number of rotatable bonds is 5. The van der Waals surface area contributed by atoms with Crippen molar-refractivity contribution in [3.63, 3.8) is 0 Å². The summed E-state index contributed by atoms with van der Waals surface area (Å²) in [5.74, 6) is 1.14. The fraction of sp³-hybridized carbons (Fsp3) is 0.250. The maximum atomic E-state index is 5.76. The van der Waals surface area contributed by atoms with Crippen LogP contribution in [0.25, 0.3) is 0 Å². The van der Waals surface area contributed by atoms with Gasteiger partial charge in [-0.25, -0.2) is 0 Å². The third-order valence-electron chi connectivity index (χ3n) is 2.40. The fourth-order valence-corrected chi connectivity index (χ4v) is 1.68. The van der Waals surface area contributed by atoms with E-state index in [0.29, 0.717) is 12.5 Å². The number of benzene rings is 1. The van der Waals surface area contributed by atoms with E-state index in [9.17, 15) is 0 Å². The van der Waals surface area contributed by atoms with Gasteiger partial charge in [0.15, 0.2) is 0 Å². The van der Waals surface area contributed by atoms with Crippen molar-refractivity contribution >= 4 is 17.5 Å². The van der Waals surface area contributed by atoms with E-state index in [-0.39, 0.29) is 11.3 Å². The molecule has 0 unspecified atom stereocenters. The first-order valence-corrected chi connectivity index (χ1v) is 5.92. The minimum absolute atomic E-state index is 0.0781. The second kappa shape index (κ2) is 6.19. The van der Waals surface area contributed by atoms with Gasteiger partial charge in [-0.1, -0.05) is 18.2 Å². The summed E-state index contributed by atoms with van der Waals surface area (Å²) in [6.07, 6.45) is 0. The summed E-state index contributed by atoms with van der Waals surface area (Å²) >= 11 is 5.76. The smallest absolute Gasteiger partial charge is 0.322 e. The van der Waals surface area contributed by atoms with Crippen molar-refractivity contribution in [2.75, 3.05) is 19.5 Å². The van der Waals surface area contributed by atoms with Crippen molar-refractivity contribution in [1.29, 1.82) is 0 Å². The Morgan fingerprint density at radius 2 is 1.89 bits per heavy atom. The number of ether oxygens (including phenoxy) is 2. The van der Waals surface area contributed by atoms with E-state index in [0.717, 1.165) is 11.3 Å². The average molecular weight is 281 g/mol. The molecule has 1 N–H and O–H groups in total. The Morgan fingerprint density at radius 3 is 2.63 bits per heavy atom. The molecule has 0 saturated heterocycles. The molecule has 2 rings (SSSR count). The number of hydrogen-bond acceptors (Lipinski definition) is 6. The predicted octanol–water partition coefficient (Wildman–Crippen LogP) is 2.15. The number of anilines is 1. The zero-order chi connectivity index (χ0) is 13.7. The summed E-state index contributed by atoms with van der Waals surface area (Å²) in [6, 6.07) is 7.85. The molecular weight excluding hydrogens is 268 g/mol. The van der Waals surface area contributed by atoms with Crippen LogP contribution < -0.4 is 14.8 Å². The van der Waals surface area contributed by atoms with Crippen molar-refractivity contribution in [3.05, 3.63) is 35.1 Å². The molecular formula is C12H13ClN4O2. The van der Waals surface area contributed by atoms with Gasteiger partial charge >= 0.3 is 6.01 Å². The molecule has 0 bridgehead atoms. The minimum Gasteiger partial charge on any atom is -0.496 e. The Hall–Kier alpha value is -2.08. The fourth-order valence-electron chi connectivity index (χ4n) is 1.53. The van der Waals surface area contributed by atoms with Crippen LogP contribution in [0.3, 0.4) is 0 Å². The van der Waals surface area contributed by atoms with E-state index in [1.165, 1.54) is 7.11 Å². The van der Waals surface area contributed by atoms with Crippen LogP contribution in [0.2, 0.25) is 5.28 Å². The van der Waals surface area contributed by atoms with Crippen molar-refractivity contribution in [2.24, 2.45) is 0 Å². The molecule has 19 heavy (non-hydrogen) atoms. The van der Waals surface area contributed by atoms with Crippen LogP contribution in [0.15, 0.2) is 24.3 Å². The summed E-state index contributed by atoms with van der Waals surface area (Å²) in [6.45, 7) is 0.507. The second-order valence-corrected chi connectivity index (χ2v) is 3.92. The molecule has 6 nitrogen and oxygen atoms in total. The maximum absolute atomic E-state index is 5.76. The number of para-hydroxylation sites is 1. The SMILES string of the molecule is COc1nc(Cl)nc(NCc2ccccc2OC)n1. The van der Waals surface area contributed by atoms with Crippen LogP contribution in [-0.2, 0) is 6.54 Å². The van der Waals surface area contributed by atoms with E-state index in [1.54, 1.807) is 7.11 Å². The highest BCUT2D eigenvalue weighted by Crippen LogP contribution is 2.18. The monoisotopic (exact) mass is 280 g/mol. The van der Waals surface area contributed by atoms with Gasteiger partial charge < -0.3 is 14.8 Å². The van der Waals surface area contributed by atoms with Gasteiger partial charge in [-0.05, 0) is 17.7 Å². The van der Waals surface area contributed by atoms with Crippen LogP contribution in [0.1, 0.15) is 5.56 Å². The van der Waals surface area contributed by atoms with E-state index in [2.05, 4.69) is 20.3 Å². The number of nitrogens with zero attached hydrogens (tertiary/aromatic N) is 3. The zero-order valence-corrected chi connectivity index (χ0v) is 11.3. The van der Waals surface area contributed by atoms with Crippen LogP contribution >= 0.6 is 11.6 Å². The van der Waals surface area contributed by atoms with E-state index >= 15 is 0 Å². The highest BCUT2D eigenvalue weighted by molar-refractivity contribution is 6.28. The predicted molar refractivity (Wildman–Crippen MR) is 71.7 cm³/mol. The molecule has 7 heteroatoms. The van der Waals surface area contributed by atoms with Crippen LogP contribution in [-0.4, -0.2) is 29.2 Å². The number of halogens is 1. The van der Waals surface area contributed by atoms with Crippen molar-refractivity contribution in [2.45, 2.75) is 6.54 Å². The van der Waals surface area contributed by atoms with Gasteiger partial charge in [-0.15, -0.1) is 0 Å². The van der Waals surface area contributed by atoms with Gasteiger partial charge in [-0.3, -0.25) is 0 Å². The normalized spacial score (nSPS) is 10.1. The number of methoxy groups -OCH3 is 2. The van der Waals surface area contributed by atoms with Crippen molar-refractivity contribution in [3.8, 4) is 11.8 Å². The number of hydrogen-bond donors (Lipinski definition) is 1. The molecule has 0 atom stereocenters. The Kier molecular flexibility index (Phi) is 4.35. The molecule has 1 aromatic carbocycles. The molecule has 0 saturated carbocycles. The topological polar surface area (TPSA) is 69.2 Å². The number of aromatic nitrogens is 3. The molecule has 1 aromatic heterocycles. The van der Waals surface area contributed by atoms with Gasteiger partial charge in [0.25, 0.3) is 0 Å². The first-order valence-electron chi connectivity index (χ1n) is 5.54. The van der Waals surface area contributed by atoms with Gasteiger partial charge in [-0.2, -0.15) is 15.0 Å². The Bertz CT molecular complexity index is 565. The highest BCUT2D eigenvalue weighted by Gasteiger charge is 2.06. The molecule has 1 heterocycles. The number of nitrogens with one attached hydrogen (secondary N) is 1. The van der Waals surface area contributed by atoms with Gasteiger partial charge in [0.1, 0.15) is 5.75 Å². The molecule has 0 fully saturated rings. The summed E-state index contributed by atoms with van der Waals surface area (Å²) in [7, 11) is 3.09. The molecule has 0 aliphatic carbocycles. The Labute approximate surface area is 115 Å². The van der Waals surface area contributed by atoms with Crippen molar-refractivity contribution in [1.82, 2.24) is 15.0 Å². The average Bonchev–Trinajstić information content (AvgIpc) is 2.44. The van der Waals surface area contributed by atoms with Crippen LogP contribution in [0.5, 0.6) is 11.8 Å². The highest BCUT2D eigenvalue weighted by atomic mass is 35.5. The lowest BCUT2D eigenvalue weighted by atomic mass is 10.2. The maximum Gasteiger partial charge on any atom is 0.322 e. The van der Waals surface area contributed by atoms with Crippen molar-refractivity contribution < 1.29 is 9.47 Å². The third kappa shape index (κ3) is 3.45. The Balaban J connectivity index is 2.12. The first kappa shape index (κ1) is 13.4. The third-order valence-corrected chi connectivity index (χ3v) is 2.57.